The molecule has 18 heavy (non-hydrogen) atoms. The van der Waals surface area contributed by atoms with Crippen LogP contribution in [0, 0.1) is 0 Å². The fraction of sp³-hybridized carbons (Fsp3) is 0.455. The maximum Gasteiger partial charge on any atom is 0.243 e. The molecule has 0 aliphatic heterocycles. The molecular formula is C11H15N5O2. The average molecular weight is 249 g/mol. The van der Waals surface area contributed by atoms with Gasteiger partial charge < -0.3 is 15.0 Å². The van der Waals surface area contributed by atoms with E-state index in [0.29, 0.717) is 24.0 Å². The van der Waals surface area contributed by atoms with E-state index in [-0.39, 0.29) is 6.04 Å². The zero-order chi connectivity index (χ0) is 12.8. The highest BCUT2D eigenvalue weighted by molar-refractivity contribution is 5.45. The van der Waals surface area contributed by atoms with Crippen LogP contribution in [0.15, 0.2) is 23.1 Å². The van der Waals surface area contributed by atoms with Crippen molar-refractivity contribution < 1.29 is 9.26 Å². The van der Waals surface area contributed by atoms with Crippen LogP contribution in [0.25, 0.3) is 11.5 Å². The van der Waals surface area contributed by atoms with Gasteiger partial charge in [0, 0.05) is 26.1 Å². The molecule has 2 N–H and O–H groups in total. The minimum absolute atomic E-state index is 0.280. The summed E-state index contributed by atoms with van der Waals surface area (Å²) in [5, 5.41) is 3.84. The van der Waals surface area contributed by atoms with Crippen molar-refractivity contribution in [3.05, 3.63) is 24.5 Å². The quantitative estimate of drug-likeness (QED) is 0.761. The van der Waals surface area contributed by atoms with Gasteiger partial charge in [-0.3, -0.25) is 4.98 Å². The molecule has 0 amide bonds. The van der Waals surface area contributed by atoms with Crippen LogP contribution in [-0.4, -0.2) is 33.8 Å². The van der Waals surface area contributed by atoms with Crippen molar-refractivity contribution in [2.45, 2.75) is 18.9 Å². The number of aromatic nitrogens is 4. The van der Waals surface area contributed by atoms with Crippen LogP contribution in [0.4, 0.5) is 0 Å². The van der Waals surface area contributed by atoms with Crippen LogP contribution in [-0.2, 0) is 4.74 Å². The Bertz CT molecular complexity index is 473. The highest BCUT2D eigenvalue weighted by Crippen LogP contribution is 2.17. The number of nitrogens with two attached hydrogens (primary N) is 1. The third kappa shape index (κ3) is 3.08. The zero-order valence-corrected chi connectivity index (χ0v) is 10.1. The van der Waals surface area contributed by atoms with Crippen molar-refractivity contribution in [3.8, 4) is 11.5 Å². The van der Waals surface area contributed by atoms with Crippen LogP contribution in [0.5, 0.6) is 0 Å². The predicted molar refractivity (Wildman–Crippen MR) is 63.4 cm³/mol. The average Bonchev–Trinajstić information content (AvgIpc) is 2.89. The molecule has 0 spiro atoms. The topological polar surface area (TPSA) is 100.0 Å². The Balaban J connectivity index is 2.02. The summed E-state index contributed by atoms with van der Waals surface area (Å²) in [7, 11) is 1.66. The number of methoxy groups -OCH3 is 1. The van der Waals surface area contributed by atoms with Crippen molar-refractivity contribution in [1.82, 2.24) is 20.1 Å². The maximum atomic E-state index is 5.94. The molecule has 0 saturated carbocycles. The third-order valence-electron chi connectivity index (χ3n) is 2.41. The van der Waals surface area contributed by atoms with Gasteiger partial charge in [-0.2, -0.15) is 4.98 Å². The lowest BCUT2D eigenvalue weighted by atomic mass is 10.2. The summed E-state index contributed by atoms with van der Waals surface area (Å²) < 4.78 is 10.1. The van der Waals surface area contributed by atoms with Crippen LogP contribution in [0.1, 0.15) is 24.8 Å². The summed E-state index contributed by atoms with van der Waals surface area (Å²) >= 11 is 0. The van der Waals surface area contributed by atoms with Gasteiger partial charge in [0.15, 0.2) is 0 Å². The lowest BCUT2D eigenvalue weighted by Crippen LogP contribution is -2.11. The van der Waals surface area contributed by atoms with E-state index in [1.165, 1.54) is 0 Å². The molecule has 2 rings (SSSR count). The van der Waals surface area contributed by atoms with Gasteiger partial charge in [-0.25, -0.2) is 4.98 Å². The highest BCUT2D eigenvalue weighted by atomic mass is 16.5. The molecule has 0 saturated heterocycles. The number of hydrogen-bond acceptors (Lipinski definition) is 7. The second-order valence-corrected chi connectivity index (χ2v) is 3.79. The minimum atomic E-state index is -0.280. The predicted octanol–water partition coefficient (Wildman–Crippen LogP) is 0.953. The van der Waals surface area contributed by atoms with E-state index in [2.05, 4.69) is 20.1 Å². The Kier molecular flexibility index (Phi) is 4.32. The van der Waals surface area contributed by atoms with Gasteiger partial charge in [0.05, 0.1) is 12.2 Å². The molecule has 1 unspecified atom stereocenters. The Morgan fingerprint density at radius 2 is 2.33 bits per heavy atom. The van der Waals surface area contributed by atoms with E-state index in [0.717, 1.165) is 12.8 Å². The lowest BCUT2D eigenvalue weighted by molar-refractivity contribution is 0.188. The summed E-state index contributed by atoms with van der Waals surface area (Å²) in [4.78, 5) is 12.2. The van der Waals surface area contributed by atoms with E-state index in [4.69, 9.17) is 15.0 Å². The van der Waals surface area contributed by atoms with Crippen LogP contribution >= 0.6 is 0 Å². The second kappa shape index (κ2) is 6.18. The minimum Gasteiger partial charge on any atom is -0.385 e. The Labute approximate surface area is 104 Å². The first-order chi connectivity index (χ1) is 8.81. The van der Waals surface area contributed by atoms with Crippen molar-refractivity contribution in [2.24, 2.45) is 5.73 Å². The number of ether oxygens (including phenoxy) is 1. The first-order valence-corrected chi connectivity index (χ1v) is 5.65. The standard InChI is InChI=1S/C11H15N5O2/c1-17-6-2-3-8(12)11-15-10(16-18-11)9-7-13-4-5-14-9/h4-5,7-8H,2-3,6,12H2,1H3. The molecule has 0 bridgehead atoms. The summed E-state index contributed by atoms with van der Waals surface area (Å²) in [5.41, 5.74) is 6.51. The molecule has 0 fully saturated rings. The number of rotatable bonds is 6. The van der Waals surface area contributed by atoms with Gasteiger partial charge in [0.1, 0.15) is 5.69 Å². The molecule has 0 radical (unpaired) electrons. The van der Waals surface area contributed by atoms with Gasteiger partial charge in [-0.15, -0.1) is 0 Å². The highest BCUT2D eigenvalue weighted by Gasteiger charge is 2.15. The van der Waals surface area contributed by atoms with Gasteiger partial charge in [0.2, 0.25) is 11.7 Å². The first kappa shape index (κ1) is 12.6. The molecule has 0 aliphatic carbocycles. The number of hydrogen-bond donors (Lipinski definition) is 1. The fourth-order valence-corrected chi connectivity index (χ4v) is 1.48. The van der Waals surface area contributed by atoms with Gasteiger partial charge in [-0.1, -0.05) is 5.16 Å². The van der Waals surface area contributed by atoms with Crippen molar-refractivity contribution in [3.63, 3.8) is 0 Å². The molecule has 2 aromatic rings. The number of nitrogens with zero attached hydrogens (tertiary/aromatic N) is 4. The Morgan fingerprint density at radius 1 is 1.44 bits per heavy atom. The summed E-state index contributed by atoms with van der Waals surface area (Å²) in [6, 6.07) is -0.280. The van der Waals surface area contributed by atoms with E-state index in [9.17, 15) is 0 Å². The lowest BCUT2D eigenvalue weighted by Gasteiger charge is -2.04. The normalized spacial score (nSPS) is 12.6. The second-order valence-electron chi connectivity index (χ2n) is 3.79. The van der Waals surface area contributed by atoms with Gasteiger partial charge in [-0.05, 0) is 12.8 Å². The molecule has 96 valence electrons. The van der Waals surface area contributed by atoms with E-state index >= 15 is 0 Å². The molecule has 2 heterocycles. The largest absolute Gasteiger partial charge is 0.385 e. The molecular weight excluding hydrogens is 234 g/mol. The summed E-state index contributed by atoms with van der Waals surface area (Å²) in [5.74, 6) is 0.812. The Hall–Kier alpha value is -1.86. The van der Waals surface area contributed by atoms with Gasteiger partial charge in [0.25, 0.3) is 0 Å². The SMILES string of the molecule is COCCCC(N)c1nc(-c2cnccn2)no1. The maximum absolute atomic E-state index is 5.94. The molecule has 7 heteroatoms. The van der Waals surface area contributed by atoms with E-state index < -0.39 is 0 Å². The van der Waals surface area contributed by atoms with E-state index in [1.54, 1.807) is 25.7 Å². The molecule has 0 aliphatic rings. The van der Waals surface area contributed by atoms with Crippen molar-refractivity contribution in [2.75, 3.05) is 13.7 Å². The molecule has 2 aromatic heterocycles. The van der Waals surface area contributed by atoms with Gasteiger partial charge >= 0.3 is 0 Å². The molecule has 0 aromatic carbocycles. The zero-order valence-electron chi connectivity index (χ0n) is 10.1. The fourth-order valence-electron chi connectivity index (χ4n) is 1.48. The molecule has 1 atom stereocenters. The third-order valence-corrected chi connectivity index (χ3v) is 2.41. The van der Waals surface area contributed by atoms with Crippen LogP contribution < -0.4 is 5.73 Å². The van der Waals surface area contributed by atoms with E-state index in [1.807, 2.05) is 0 Å². The first-order valence-electron chi connectivity index (χ1n) is 5.65. The summed E-state index contributed by atoms with van der Waals surface area (Å²) in [6.07, 6.45) is 6.31. The summed E-state index contributed by atoms with van der Waals surface area (Å²) in [6.45, 7) is 0.666. The monoisotopic (exact) mass is 249 g/mol. The van der Waals surface area contributed by atoms with Crippen LogP contribution in [0.3, 0.4) is 0 Å². The van der Waals surface area contributed by atoms with Crippen LogP contribution in [0.2, 0.25) is 0 Å². The van der Waals surface area contributed by atoms with Crippen molar-refractivity contribution in [1.29, 1.82) is 0 Å². The molecule has 7 nitrogen and oxygen atoms in total. The smallest absolute Gasteiger partial charge is 0.243 e. The Morgan fingerprint density at radius 3 is 3.06 bits per heavy atom. The van der Waals surface area contributed by atoms with Crippen molar-refractivity contribution >= 4 is 0 Å².